The Hall–Kier alpha value is -5.85. The van der Waals surface area contributed by atoms with Crippen LogP contribution in [0.5, 0.6) is 0 Å². The minimum Gasteiger partial charge on any atom is -0.228 e. The molecule has 1 aliphatic rings. The largest absolute Gasteiger partial charge is 0.228 e. The van der Waals surface area contributed by atoms with Crippen LogP contribution in [0.3, 0.4) is 0 Å². The van der Waals surface area contributed by atoms with E-state index in [0.29, 0.717) is 11.4 Å². The van der Waals surface area contributed by atoms with Crippen molar-refractivity contribution in [2.24, 2.45) is 0 Å². The molecule has 1 aromatic heterocycles. The van der Waals surface area contributed by atoms with E-state index >= 15 is 0 Å². The molecule has 0 amide bonds. The first kappa shape index (κ1) is 26.8. The van der Waals surface area contributed by atoms with E-state index in [9.17, 15) is 5.26 Å². The first-order chi connectivity index (χ1) is 22.0. The maximum atomic E-state index is 9.28. The van der Waals surface area contributed by atoms with Gasteiger partial charge in [0.25, 0.3) is 0 Å². The van der Waals surface area contributed by atoms with Gasteiger partial charge in [-0.1, -0.05) is 123 Å². The van der Waals surface area contributed by atoms with Gasteiger partial charge in [-0.2, -0.15) is 5.26 Å². The summed E-state index contributed by atoms with van der Waals surface area (Å²) in [4.78, 5) is 9.93. The van der Waals surface area contributed by atoms with E-state index < -0.39 is 0 Å². The molecular formula is C42H29N3. The molecule has 8 rings (SSSR count). The highest BCUT2D eigenvalue weighted by Gasteiger charge is 2.37. The van der Waals surface area contributed by atoms with E-state index in [0.717, 1.165) is 28.1 Å². The molecule has 3 heteroatoms. The summed E-state index contributed by atoms with van der Waals surface area (Å²) >= 11 is 0. The zero-order valence-corrected chi connectivity index (χ0v) is 25.1. The second-order valence-electron chi connectivity index (χ2n) is 12.2. The number of hydrogen-bond donors (Lipinski definition) is 0. The maximum absolute atomic E-state index is 9.28. The van der Waals surface area contributed by atoms with Gasteiger partial charge in [0.15, 0.2) is 5.82 Å². The minimum atomic E-state index is -0.0821. The molecule has 0 fully saturated rings. The number of benzene rings is 6. The zero-order chi connectivity index (χ0) is 30.5. The van der Waals surface area contributed by atoms with E-state index in [1.807, 2.05) is 60.7 Å². The van der Waals surface area contributed by atoms with Crippen LogP contribution >= 0.6 is 0 Å². The van der Waals surface area contributed by atoms with E-state index in [-0.39, 0.29) is 5.41 Å². The van der Waals surface area contributed by atoms with Gasteiger partial charge in [-0.05, 0) is 74.5 Å². The molecule has 0 saturated carbocycles. The van der Waals surface area contributed by atoms with Gasteiger partial charge in [-0.15, -0.1) is 0 Å². The van der Waals surface area contributed by atoms with Gasteiger partial charge in [0.1, 0.15) is 0 Å². The predicted molar refractivity (Wildman–Crippen MR) is 184 cm³/mol. The standard InChI is InChI=1S/C42H29N3/c1-42(2)36-14-8-13-34(40(36)35-23-32-11-6-7-12-33(32)24-37(35)42)28-19-21-30(22-20-28)39-25-38(29-17-15-27(26-43)16-18-29)44-41(45-39)31-9-4-3-5-10-31/h3-25H,1-2H3. The quantitative estimate of drug-likeness (QED) is 0.210. The van der Waals surface area contributed by atoms with Crippen molar-refractivity contribution in [3.63, 3.8) is 0 Å². The summed E-state index contributed by atoms with van der Waals surface area (Å²) in [7, 11) is 0. The average Bonchev–Trinajstić information content (AvgIpc) is 3.33. The van der Waals surface area contributed by atoms with Crippen LogP contribution < -0.4 is 0 Å². The van der Waals surface area contributed by atoms with Gasteiger partial charge in [-0.3, -0.25) is 0 Å². The van der Waals surface area contributed by atoms with Crippen molar-refractivity contribution in [3.05, 3.63) is 156 Å². The van der Waals surface area contributed by atoms with E-state index in [4.69, 9.17) is 9.97 Å². The van der Waals surface area contributed by atoms with Crippen molar-refractivity contribution in [2.75, 3.05) is 0 Å². The number of rotatable bonds is 4. The summed E-state index contributed by atoms with van der Waals surface area (Å²) in [6, 6.07) is 50.7. The highest BCUT2D eigenvalue weighted by molar-refractivity contribution is 5.98. The molecule has 0 atom stereocenters. The third-order valence-electron chi connectivity index (χ3n) is 9.13. The molecular weight excluding hydrogens is 546 g/mol. The SMILES string of the molecule is CC1(C)c2cc3ccccc3cc2-c2c(-c3ccc(-c4cc(-c5ccc(C#N)cc5)nc(-c5ccccc5)n4)cc3)cccc21. The summed E-state index contributed by atoms with van der Waals surface area (Å²) in [5, 5.41) is 11.8. The Morgan fingerprint density at radius 1 is 0.511 bits per heavy atom. The van der Waals surface area contributed by atoms with Crippen LogP contribution in [0.15, 0.2) is 140 Å². The lowest BCUT2D eigenvalue weighted by molar-refractivity contribution is 0.661. The Balaban J connectivity index is 1.23. The normalized spacial score (nSPS) is 12.8. The first-order valence-corrected chi connectivity index (χ1v) is 15.2. The maximum Gasteiger partial charge on any atom is 0.160 e. The van der Waals surface area contributed by atoms with Crippen LogP contribution in [0, 0.1) is 11.3 Å². The number of fused-ring (bicyclic) bond motifs is 4. The summed E-state index contributed by atoms with van der Waals surface area (Å²) in [5.74, 6) is 0.670. The number of nitriles is 1. The lowest BCUT2D eigenvalue weighted by atomic mass is 9.81. The number of nitrogens with zero attached hydrogens (tertiary/aromatic N) is 3. The Kier molecular flexibility index (Phi) is 6.18. The molecule has 0 saturated heterocycles. The molecule has 45 heavy (non-hydrogen) atoms. The van der Waals surface area contributed by atoms with Crippen LogP contribution in [0.1, 0.15) is 30.5 Å². The van der Waals surface area contributed by atoms with Crippen LogP contribution in [0.25, 0.3) is 66.9 Å². The molecule has 1 heterocycles. The lowest BCUT2D eigenvalue weighted by Crippen LogP contribution is -2.14. The fourth-order valence-electron chi connectivity index (χ4n) is 6.71. The fourth-order valence-corrected chi connectivity index (χ4v) is 6.71. The molecule has 1 aliphatic carbocycles. The van der Waals surface area contributed by atoms with Gasteiger partial charge >= 0.3 is 0 Å². The van der Waals surface area contributed by atoms with Crippen molar-refractivity contribution in [1.82, 2.24) is 9.97 Å². The second-order valence-corrected chi connectivity index (χ2v) is 12.2. The highest BCUT2D eigenvalue weighted by atomic mass is 14.9. The smallest absolute Gasteiger partial charge is 0.160 e. The fraction of sp³-hybridized carbons (Fsp3) is 0.0714. The highest BCUT2D eigenvalue weighted by Crippen LogP contribution is 2.53. The lowest BCUT2D eigenvalue weighted by Gasteiger charge is -2.22. The zero-order valence-electron chi connectivity index (χ0n) is 25.1. The van der Waals surface area contributed by atoms with Crippen LogP contribution in [0.4, 0.5) is 0 Å². The monoisotopic (exact) mass is 575 g/mol. The van der Waals surface area contributed by atoms with Gasteiger partial charge in [-0.25, -0.2) is 9.97 Å². The topological polar surface area (TPSA) is 49.6 Å². The summed E-state index contributed by atoms with van der Waals surface area (Å²) < 4.78 is 0. The Bertz CT molecular complexity index is 2270. The number of aromatic nitrogens is 2. The first-order valence-electron chi connectivity index (χ1n) is 15.2. The van der Waals surface area contributed by atoms with E-state index in [1.54, 1.807) is 0 Å². The predicted octanol–water partition coefficient (Wildman–Crippen LogP) is 10.5. The third kappa shape index (κ3) is 4.51. The Morgan fingerprint density at radius 3 is 1.78 bits per heavy atom. The van der Waals surface area contributed by atoms with Crippen molar-refractivity contribution in [3.8, 4) is 62.2 Å². The third-order valence-corrected chi connectivity index (χ3v) is 9.13. The average molecular weight is 576 g/mol. The van der Waals surface area contributed by atoms with Gasteiger partial charge < -0.3 is 0 Å². The molecule has 212 valence electrons. The molecule has 7 aromatic rings. The van der Waals surface area contributed by atoms with Crippen LogP contribution in [-0.2, 0) is 5.41 Å². The van der Waals surface area contributed by atoms with Gasteiger partial charge in [0.05, 0.1) is 23.0 Å². The van der Waals surface area contributed by atoms with Gasteiger partial charge in [0, 0.05) is 22.1 Å². The molecule has 0 radical (unpaired) electrons. The molecule has 0 bridgehead atoms. The molecule has 0 unspecified atom stereocenters. The molecule has 0 spiro atoms. The van der Waals surface area contributed by atoms with Gasteiger partial charge in [0.2, 0.25) is 0 Å². The summed E-state index contributed by atoms with van der Waals surface area (Å²) in [5.41, 5.74) is 13.0. The number of hydrogen-bond acceptors (Lipinski definition) is 3. The van der Waals surface area contributed by atoms with Crippen LogP contribution in [-0.4, -0.2) is 9.97 Å². The second kappa shape index (κ2) is 10.4. The molecule has 0 N–H and O–H groups in total. The summed E-state index contributed by atoms with van der Waals surface area (Å²) in [6.07, 6.45) is 0. The summed E-state index contributed by atoms with van der Waals surface area (Å²) in [6.45, 7) is 4.67. The van der Waals surface area contributed by atoms with Crippen LogP contribution in [0.2, 0.25) is 0 Å². The van der Waals surface area contributed by atoms with E-state index in [1.165, 1.54) is 44.2 Å². The van der Waals surface area contributed by atoms with Crippen molar-refractivity contribution < 1.29 is 0 Å². The van der Waals surface area contributed by atoms with Crippen molar-refractivity contribution in [2.45, 2.75) is 19.3 Å². The van der Waals surface area contributed by atoms with Crippen molar-refractivity contribution >= 4 is 10.8 Å². The van der Waals surface area contributed by atoms with Crippen molar-refractivity contribution in [1.29, 1.82) is 5.26 Å². The molecule has 0 aliphatic heterocycles. The minimum absolute atomic E-state index is 0.0821. The molecule has 3 nitrogen and oxygen atoms in total. The Labute approximate surface area is 263 Å². The Morgan fingerprint density at radius 2 is 1.11 bits per heavy atom. The van der Waals surface area contributed by atoms with E-state index in [2.05, 4.69) is 98.8 Å². The molecule has 6 aromatic carbocycles.